The molecule has 2 aromatic carbocycles. The summed E-state index contributed by atoms with van der Waals surface area (Å²) in [6.45, 7) is 2.33. The van der Waals surface area contributed by atoms with Crippen LogP contribution in [0.3, 0.4) is 0 Å². The predicted octanol–water partition coefficient (Wildman–Crippen LogP) is 3.63. The van der Waals surface area contributed by atoms with Gasteiger partial charge in [0.05, 0.1) is 34.5 Å². The van der Waals surface area contributed by atoms with Crippen molar-refractivity contribution in [3.8, 4) is 0 Å². The van der Waals surface area contributed by atoms with Crippen molar-refractivity contribution in [3.63, 3.8) is 0 Å². The van der Waals surface area contributed by atoms with Crippen molar-refractivity contribution in [3.05, 3.63) is 76.7 Å². The maximum atomic E-state index is 13.5. The highest BCUT2D eigenvalue weighted by molar-refractivity contribution is 7.92. The molecule has 0 radical (unpaired) electrons. The molecule has 33 heavy (non-hydrogen) atoms. The lowest BCUT2D eigenvalue weighted by Gasteiger charge is -2.25. The molecular weight excluding hydrogens is 469 g/mol. The molecular formula is C23H23ClFN3O4S. The molecule has 2 atom stereocenters. The molecule has 0 saturated carbocycles. The van der Waals surface area contributed by atoms with Gasteiger partial charge in [-0.25, -0.2) is 22.3 Å². The molecule has 1 aliphatic rings. The topological polar surface area (TPSA) is 81.5 Å². The van der Waals surface area contributed by atoms with E-state index in [9.17, 15) is 17.6 Å². The van der Waals surface area contributed by atoms with E-state index in [1.165, 1.54) is 7.11 Å². The Morgan fingerprint density at radius 3 is 2.61 bits per heavy atom. The average molecular weight is 492 g/mol. The molecule has 0 spiro atoms. The molecule has 1 fully saturated rings. The molecule has 2 unspecified atom stereocenters. The van der Waals surface area contributed by atoms with Crippen LogP contribution in [0.5, 0.6) is 0 Å². The predicted molar refractivity (Wildman–Crippen MR) is 123 cm³/mol. The summed E-state index contributed by atoms with van der Waals surface area (Å²) in [7, 11) is -2.67. The van der Waals surface area contributed by atoms with E-state index < -0.39 is 32.9 Å². The van der Waals surface area contributed by atoms with Crippen molar-refractivity contribution in [2.45, 2.75) is 36.1 Å². The van der Waals surface area contributed by atoms with Crippen molar-refractivity contribution < 1.29 is 22.3 Å². The summed E-state index contributed by atoms with van der Waals surface area (Å²) in [5.74, 6) is -0.544. The number of esters is 1. The summed E-state index contributed by atoms with van der Waals surface area (Å²) >= 11 is 6.05. The van der Waals surface area contributed by atoms with Crippen LogP contribution in [-0.2, 0) is 25.9 Å². The molecule has 0 aliphatic carbocycles. The first-order chi connectivity index (χ1) is 15.7. The third-order valence-electron chi connectivity index (χ3n) is 5.73. The first kappa shape index (κ1) is 23.3. The third-order valence-corrected chi connectivity index (χ3v) is 8.34. The Morgan fingerprint density at radius 2 is 1.94 bits per heavy atom. The molecule has 10 heteroatoms. The third kappa shape index (κ3) is 4.60. The number of sulfone groups is 1. The smallest absolute Gasteiger partial charge is 0.328 e. The minimum Gasteiger partial charge on any atom is -0.467 e. The number of methoxy groups -OCH3 is 1. The molecule has 174 valence electrons. The molecule has 0 amide bonds. The monoisotopic (exact) mass is 491 g/mol. The van der Waals surface area contributed by atoms with E-state index in [0.29, 0.717) is 12.4 Å². The number of aromatic nitrogens is 2. The molecule has 0 N–H and O–H groups in total. The Labute approximate surface area is 196 Å². The van der Waals surface area contributed by atoms with Gasteiger partial charge in [0.1, 0.15) is 17.7 Å². The van der Waals surface area contributed by atoms with E-state index in [-0.39, 0.29) is 22.9 Å². The van der Waals surface area contributed by atoms with Crippen LogP contribution in [-0.4, -0.2) is 49.1 Å². The van der Waals surface area contributed by atoms with Crippen molar-refractivity contribution in [2.24, 2.45) is 0 Å². The molecule has 1 saturated heterocycles. The minimum atomic E-state index is -3.94. The van der Waals surface area contributed by atoms with E-state index in [4.69, 9.17) is 16.3 Å². The highest BCUT2D eigenvalue weighted by Crippen LogP contribution is 2.35. The Bertz CT molecular complexity index is 1280. The number of benzene rings is 2. The number of anilines is 1. The zero-order valence-corrected chi connectivity index (χ0v) is 19.7. The second-order valence-electron chi connectivity index (χ2n) is 7.96. The van der Waals surface area contributed by atoms with Crippen molar-refractivity contribution in [1.29, 1.82) is 0 Å². The molecule has 4 rings (SSSR count). The van der Waals surface area contributed by atoms with Crippen molar-refractivity contribution in [2.75, 3.05) is 18.6 Å². The second kappa shape index (κ2) is 9.15. The van der Waals surface area contributed by atoms with E-state index in [2.05, 4.69) is 5.10 Å². The average Bonchev–Trinajstić information content (AvgIpc) is 3.37. The molecule has 2 heterocycles. The summed E-state index contributed by atoms with van der Waals surface area (Å²) in [5, 5.41) is 3.42. The van der Waals surface area contributed by atoms with E-state index >= 15 is 0 Å². The van der Waals surface area contributed by atoms with Gasteiger partial charge >= 0.3 is 5.97 Å². The number of hydrogen-bond acceptors (Lipinski definition) is 6. The number of rotatable bonds is 6. The van der Waals surface area contributed by atoms with Crippen LogP contribution in [0.2, 0.25) is 5.02 Å². The SMILES string of the molecule is COC(=O)C1CC(S(=O)(=O)c2ccc(F)cc2Cl)CN1c1cc(C)nn1Cc1ccccc1. The van der Waals surface area contributed by atoms with E-state index in [1.807, 2.05) is 43.3 Å². The Balaban J connectivity index is 1.71. The molecule has 0 bridgehead atoms. The zero-order chi connectivity index (χ0) is 23.8. The van der Waals surface area contributed by atoms with Gasteiger partial charge in [-0.3, -0.25) is 0 Å². The second-order valence-corrected chi connectivity index (χ2v) is 10.6. The molecule has 1 aliphatic heterocycles. The van der Waals surface area contributed by atoms with E-state index in [0.717, 1.165) is 29.5 Å². The fourth-order valence-corrected chi connectivity index (χ4v) is 6.39. The Kier molecular flexibility index (Phi) is 6.45. The number of nitrogens with zero attached hydrogens (tertiary/aromatic N) is 3. The lowest BCUT2D eigenvalue weighted by molar-refractivity contribution is -0.141. The maximum Gasteiger partial charge on any atom is 0.328 e. The summed E-state index contributed by atoms with van der Waals surface area (Å²) in [6, 6.07) is 13.9. The quantitative estimate of drug-likeness (QED) is 0.387. The summed E-state index contributed by atoms with van der Waals surface area (Å²) in [6.07, 6.45) is 0.0122. The number of hydrogen-bond donors (Lipinski definition) is 0. The van der Waals surface area contributed by atoms with Gasteiger partial charge in [0.25, 0.3) is 0 Å². The highest BCUT2D eigenvalue weighted by Gasteiger charge is 2.45. The van der Waals surface area contributed by atoms with Gasteiger partial charge in [0.2, 0.25) is 0 Å². The lowest BCUT2D eigenvalue weighted by Crippen LogP contribution is -2.38. The van der Waals surface area contributed by atoms with Crippen LogP contribution in [0.4, 0.5) is 10.2 Å². The number of carbonyl (C=O) groups is 1. The molecule has 7 nitrogen and oxygen atoms in total. The summed E-state index contributed by atoms with van der Waals surface area (Å²) < 4.78 is 47.0. The highest BCUT2D eigenvalue weighted by atomic mass is 35.5. The number of ether oxygens (including phenoxy) is 1. The van der Waals surface area contributed by atoms with Gasteiger partial charge in [-0.1, -0.05) is 41.9 Å². The summed E-state index contributed by atoms with van der Waals surface area (Å²) in [4.78, 5) is 14.2. The van der Waals surface area contributed by atoms with E-state index in [1.54, 1.807) is 9.58 Å². The normalized spacial score (nSPS) is 18.5. The fraction of sp³-hybridized carbons (Fsp3) is 0.304. The largest absolute Gasteiger partial charge is 0.467 e. The number of carbonyl (C=O) groups excluding carboxylic acids is 1. The summed E-state index contributed by atoms with van der Waals surface area (Å²) in [5.41, 5.74) is 1.75. The van der Waals surface area contributed by atoms with Gasteiger partial charge in [0.15, 0.2) is 9.84 Å². The number of halogens is 2. The first-order valence-corrected chi connectivity index (χ1v) is 12.2. The van der Waals surface area contributed by atoms with Crippen LogP contribution in [0.15, 0.2) is 59.5 Å². The fourth-order valence-electron chi connectivity index (χ4n) is 4.16. The van der Waals surface area contributed by atoms with Crippen LogP contribution < -0.4 is 4.90 Å². The molecule has 3 aromatic rings. The first-order valence-electron chi connectivity index (χ1n) is 10.3. The van der Waals surface area contributed by atoms with Gasteiger partial charge in [0, 0.05) is 12.6 Å². The van der Waals surface area contributed by atoms with Crippen molar-refractivity contribution >= 4 is 33.2 Å². The van der Waals surface area contributed by atoms with Crippen LogP contribution >= 0.6 is 11.6 Å². The maximum absolute atomic E-state index is 13.5. The van der Waals surface area contributed by atoms with Crippen LogP contribution in [0.1, 0.15) is 17.7 Å². The Hall–Kier alpha value is -2.91. The van der Waals surface area contributed by atoms with Crippen molar-refractivity contribution in [1.82, 2.24) is 9.78 Å². The van der Waals surface area contributed by atoms with Gasteiger partial charge < -0.3 is 9.64 Å². The van der Waals surface area contributed by atoms with Gasteiger partial charge in [-0.15, -0.1) is 0 Å². The standard InChI is InChI=1S/C23H23ClFN3O4S/c1-15-10-22(28(26-15)13-16-6-4-3-5-7-16)27-14-18(12-20(27)23(29)32-2)33(30,31)21-9-8-17(25)11-19(21)24/h3-11,18,20H,12-14H2,1-2H3. The minimum absolute atomic E-state index is 0.0122. The Morgan fingerprint density at radius 1 is 1.21 bits per heavy atom. The van der Waals surface area contributed by atoms with Crippen LogP contribution in [0.25, 0.3) is 0 Å². The number of aryl methyl sites for hydroxylation is 1. The van der Waals surface area contributed by atoms with Gasteiger partial charge in [-0.2, -0.15) is 5.10 Å². The van der Waals surface area contributed by atoms with Crippen LogP contribution in [0, 0.1) is 12.7 Å². The van der Waals surface area contributed by atoms with Gasteiger partial charge in [-0.05, 0) is 37.1 Å². The molecule has 1 aromatic heterocycles. The lowest BCUT2D eigenvalue weighted by atomic mass is 10.2. The zero-order valence-electron chi connectivity index (χ0n) is 18.1.